The Bertz CT molecular complexity index is 1400. The summed E-state index contributed by atoms with van der Waals surface area (Å²) in [4.78, 5) is 11.3. The fraction of sp³-hybridized carbons (Fsp3) is 0.333. The molecule has 3 N–H and O–H groups in total. The molecule has 2 saturated heterocycles. The zero-order valence-electron chi connectivity index (χ0n) is 19.2. The highest BCUT2D eigenvalue weighted by atomic mass is 19.1. The Kier molecular flexibility index (Phi) is 5.62. The van der Waals surface area contributed by atoms with Gasteiger partial charge in [0.25, 0.3) is 0 Å². The Balaban J connectivity index is 1.52. The summed E-state index contributed by atoms with van der Waals surface area (Å²) >= 11 is 0. The number of aliphatic hydroxyl groups excluding tert-OH is 1. The highest BCUT2D eigenvalue weighted by Gasteiger charge is 2.34. The predicted molar refractivity (Wildman–Crippen MR) is 133 cm³/mol. The van der Waals surface area contributed by atoms with Crippen molar-refractivity contribution < 1.29 is 19.3 Å². The number of hydrogen-bond donors (Lipinski definition) is 3. The van der Waals surface area contributed by atoms with Crippen molar-refractivity contribution in [1.29, 1.82) is 0 Å². The molecule has 6 rings (SSSR count). The minimum absolute atomic E-state index is 0.00925. The van der Waals surface area contributed by atoms with Crippen LogP contribution in [0.15, 0.2) is 48.5 Å². The molecule has 2 aliphatic heterocycles. The zero-order valence-corrected chi connectivity index (χ0v) is 19.2. The van der Waals surface area contributed by atoms with Gasteiger partial charge in [-0.1, -0.05) is 30.3 Å². The van der Waals surface area contributed by atoms with E-state index in [2.05, 4.69) is 20.2 Å². The molecule has 0 unspecified atom stereocenters. The van der Waals surface area contributed by atoms with E-state index in [-0.39, 0.29) is 30.5 Å². The molecule has 1 aromatic heterocycles. The molecule has 2 bridgehead atoms. The van der Waals surface area contributed by atoms with Crippen LogP contribution < -0.4 is 15.0 Å². The number of hydrogen-bond acceptors (Lipinski definition) is 7. The molecule has 0 spiro atoms. The van der Waals surface area contributed by atoms with Gasteiger partial charge in [0.2, 0.25) is 0 Å². The standard InChI is InChI=1S/C27H27FN4O3/c28-24-21(23-13-19(34)12-16-4-1-2-5-20(16)23)8-9-22-25(24)30-27(35-11-3-10-33)31-26(22)32-14-17-6-7-18(15-32)29-17/h1-2,4-5,8-9,12-13,17-18,29,33-34H,3,6-7,10-11,14-15H2/t17-,18+. The van der Waals surface area contributed by atoms with Crippen molar-refractivity contribution >= 4 is 27.5 Å². The summed E-state index contributed by atoms with van der Waals surface area (Å²) in [5.74, 6) is 0.261. The molecule has 0 aliphatic carbocycles. The summed E-state index contributed by atoms with van der Waals surface area (Å²) in [5.41, 5.74) is 1.14. The second kappa shape index (κ2) is 8.94. The average molecular weight is 475 g/mol. The Morgan fingerprint density at radius 3 is 2.60 bits per heavy atom. The van der Waals surface area contributed by atoms with E-state index >= 15 is 4.39 Å². The van der Waals surface area contributed by atoms with Gasteiger partial charge in [0.15, 0.2) is 5.82 Å². The number of anilines is 1. The number of ether oxygens (including phenoxy) is 1. The van der Waals surface area contributed by atoms with E-state index in [0.29, 0.717) is 40.8 Å². The van der Waals surface area contributed by atoms with Crippen LogP contribution in [-0.4, -0.2) is 58.6 Å². The van der Waals surface area contributed by atoms with Crippen LogP contribution in [0.3, 0.4) is 0 Å². The van der Waals surface area contributed by atoms with E-state index in [0.717, 1.165) is 36.7 Å². The van der Waals surface area contributed by atoms with Crippen LogP contribution in [0.2, 0.25) is 0 Å². The SMILES string of the molecule is OCCCOc1nc(N2C[C@H]3CC[C@@H](C2)N3)c2ccc(-c3cc(O)cc4ccccc34)c(F)c2n1. The van der Waals surface area contributed by atoms with E-state index < -0.39 is 5.82 Å². The molecule has 0 amide bonds. The lowest BCUT2D eigenvalue weighted by Gasteiger charge is -2.34. The third-order valence-electron chi connectivity index (χ3n) is 6.95. The van der Waals surface area contributed by atoms with Gasteiger partial charge >= 0.3 is 6.01 Å². The van der Waals surface area contributed by atoms with Gasteiger partial charge in [-0.15, -0.1) is 0 Å². The predicted octanol–water partition coefficient (Wildman–Crippen LogP) is 4.00. The van der Waals surface area contributed by atoms with Gasteiger partial charge in [0.05, 0.1) is 6.61 Å². The Morgan fingerprint density at radius 1 is 1.00 bits per heavy atom. The molecular formula is C27H27FN4O3. The average Bonchev–Trinajstić information content (AvgIpc) is 3.21. The number of aromatic nitrogens is 2. The second-order valence-electron chi connectivity index (χ2n) is 9.34. The van der Waals surface area contributed by atoms with E-state index in [9.17, 15) is 5.11 Å². The number of fused-ring (bicyclic) bond motifs is 4. The quantitative estimate of drug-likeness (QED) is 0.364. The summed E-state index contributed by atoms with van der Waals surface area (Å²) in [6.07, 6.45) is 2.67. The van der Waals surface area contributed by atoms with Crippen LogP contribution in [0.1, 0.15) is 19.3 Å². The first-order valence-corrected chi connectivity index (χ1v) is 12.1. The minimum atomic E-state index is -0.480. The maximum absolute atomic E-state index is 16.2. The van der Waals surface area contributed by atoms with Gasteiger partial charge < -0.3 is 25.2 Å². The fourth-order valence-electron chi connectivity index (χ4n) is 5.35. The van der Waals surface area contributed by atoms with Crippen LogP contribution in [0.25, 0.3) is 32.8 Å². The molecule has 2 aliphatic rings. The summed E-state index contributed by atoms with van der Waals surface area (Å²) in [5, 5.41) is 25.4. The number of phenols is 1. The molecule has 3 heterocycles. The maximum atomic E-state index is 16.2. The number of aromatic hydroxyl groups is 1. The number of benzene rings is 3. The van der Waals surface area contributed by atoms with Gasteiger partial charge in [-0.25, -0.2) is 4.39 Å². The lowest BCUT2D eigenvalue weighted by atomic mass is 9.96. The number of rotatable bonds is 6. The first kappa shape index (κ1) is 22.0. The van der Waals surface area contributed by atoms with Crippen molar-refractivity contribution in [3.8, 4) is 22.9 Å². The van der Waals surface area contributed by atoms with Crippen LogP contribution in [0, 0.1) is 5.82 Å². The zero-order chi connectivity index (χ0) is 23.9. The third-order valence-corrected chi connectivity index (χ3v) is 6.95. The fourth-order valence-corrected chi connectivity index (χ4v) is 5.35. The molecule has 35 heavy (non-hydrogen) atoms. The largest absolute Gasteiger partial charge is 0.508 e. The van der Waals surface area contributed by atoms with E-state index in [1.165, 1.54) is 0 Å². The Labute approximate surface area is 202 Å². The smallest absolute Gasteiger partial charge is 0.319 e. The van der Waals surface area contributed by atoms with Gasteiger partial charge in [-0.3, -0.25) is 0 Å². The number of nitrogens with one attached hydrogen (secondary N) is 1. The summed E-state index contributed by atoms with van der Waals surface area (Å²) < 4.78 is 21.9. The minimum Gasteiger partial charge on any atom is -0.508 e. The van der Waals surface area contributed by atoms with Crippen LogP contribution in [0.5, 0.6) is 11.8 Å². The van der Waals surface area contributed by atoms with Crippen molar-refractivity contribution in [2.24, 2.45) is 0 Å². The molecule has 2 fully saturated rings. The normalized spacial score (nSPS) is 19.5. The highest BCUT2D eigenvalue weighted by molar-refractivity contribution is 6.01. The van der Waals surface area contributed by atoms with Gasteiger partial charge in [-0.05, 0) is 47.4 Å². The second-order valence-corrected chi connectivity index (χ2v) is 9.34. The first-order chi connectivity index (χ1) is 17.1. The van der Waals surface area contributed by atoms with E-state index in [4.69, 9.17) is 9.84 Å². The topological polar surface area (TPSA) is 90.7 Å². The molecule has 0 radical (unpaired) electrons. The summed E-state index contributed by atoms with van der Waals surface area (Å²) in [6.45, 7) is 1.82. The maximum Gasteiger partial charge on any atom is 0.319 e. The Morgan fingerprint density at radius 2 is 1.80 bits per heavy atom. The Hall–Kier alpha value is -3.49. The number of nitrogens with zero attached hydrogens (tertiary/aromatic N) is 3. The number of aliphatic hydroxyl groups is 1. The van der Waals surface area contributed by atoms with Crippen molar-refractivity contribution in [1.82, 2.24) is 15.3 Å². The molecule has 8 heteroatoms. The summed E-state index contributed by atoms with van der Waals surface area (Å²) in [6, 6.07) is 15.3. The molecular weight excluding hydrogens is 447 g/mol. The van der Waals surface area contributed by atoms with Gasteiger partial charge in [-0.2, -0.15) is 9.97 Å². The number of halogens is 1. The van der Waals surface area contributed by atoms with Gasteiger partial charge in [0.1, 0.15) is 17.1 Å². The van der Waals surface area contributed by atoms with Crippen molar-refractivity contribution in [2.75, 3.05) is 31.2 Å². The molecule has 3 aromatic carbocycles. The van der Waals surface area contributed by atoms with Crippen molar-refractivity contribution in [3.63, 3.8) is 0 Å². The molecule has 4 aromatic rings. The van der Waals surface area contributed by atoms with Gasteiger partial charge in [0, 0.05) is 49.2 Å². The summed E-state index contributed by atoms with van der Waals surface area (Å²) in [7, 11) is 0. The number of piperazine rings is 1. The van der Waals surface area contributed by atoms with E-state index in [1.807, 2.05) is 30.3 Å². The lowest BCUT2D eigenvalue weighted by Crippen LogP contribution is -2.51. The molecule has 7 nitrogen and oxygen atoms in total. The molecule has 0 saturated carbocycles. The monoisotopic (exact) mass is 474 g/mol. The van der Waals surface area contributed by atoms with Crippen molar-refractivity contribution in [3.05, 3.63) is 54.3 Å². The van der Waals surface area contributed by atoms with Crippen LogP contribution in [-0.2, 0) is 0 Å². The van der Waals surface area contributed by atoms with E-state index in [1.54, 1.807) is 18.2 Å². The first-order valence-electron chi connectivity index (χ1n) is 12.1. The molecule has 2 atom stereocenters. The van der Waals surface area contributed by atoms with Crippen LogP contribution >= 0.6 is 0 Å². The van der Waals surface area contributed by atoms with Crippen LogP contribution in [0.4, 0.5) is 10.2 Å². The lowest BCUT2D eigenvalue weighted by molar-refractivity contribution is 0.224. The molecule has 180 valence electrons. The number of phenolic OH excluding ortho intramolecular Hbond substituents is 1. The van der Waals surface area contributed by atoms with Crippen molar-refractivity contribution in [2.45, 2.75) is 31.3 Å². The highest BCUT2D eigenvalue weighted by Crippen LogP contribution is 2.38. The third kappa shape index (κ3) is 4.02.